The maximum Gasteiger partial charge on any atom is 0.303 e. The Balaban J connectivity index is 0.000000250. The van der Waals surface area contributed by atoms with Crippen LogP contribution in [0.15, 0.2) is 41.4 Å². The third-order valence-corrected chi connectivity index (χ3v) is 1.14. The van der Waals surface area contributed by atoms with Crippen LogP contribution >= 0.6 is 0 Å². The molecular weight excluding hydrogens is 248 g/mol. The van der Waals surface area contributed by atoms with E-state index in [0.717, 1.165) is 0 Å². The first-order valence-corrected chi connectivity index (χ1v) is 4.53. The van der Waals surface area contributed by atoms with Gasteiger partial charge in [0.05, 0.1) is 12.8 Å². The Hall–Kier alpha value is -2.66. The molecule has 0 aliphatic carbocycles. The molecule has 0 aromatic rings. The average molecular weight is 258 g/mol. The fourth-order valence-corrected chi connectivity index (χ4v) is 0.497. The summed E-state index contributed by atoms with van der Waals surface area (Å²) in [6, 6.07) is 0. The zero-order chi connectivity index (χ0) is 13.6. The predicted molar refractivity (Wildman–Crippen MR) is 53.7 cm³/mol. The Labute approximate surface area is 100 Å². The lowest BCUT2D eigenvalue weighted by molar-refractivity contribution is -0.143. The molecule has 0 saturated carbocycles. The van der Waals surface area contributed by atoms with Crippen molar-refractivity contribution in [3.8, 4) is 0 Å². The minimum Gasteiger partial charge on any atom is -0.481 e. The van der Waals surface area contributed by atoms with Crippen molar-refractivity contribution in [1.82, 2.24) is 0 Å². The smallest absolute Gasteiger partial charge is 0.303 e. The lowest BCUT2D eigenvalue weighted by atomic mass is 10.3. The molecule has 0 saturated heterocycles. The summed E-state index contributed by atoms with van der Waals surface area (Å²) in [6.07, 6.45) is -0.593. The van der Waals surface area contributed by atoms with Crippen LogP contribution in [0, 0.1) is 0 Å². The molecule has 0 unspecified atom stereocenters. The first-order chi connectivity index (χ1) is 8.63. The van der Waals surface area contributed by atoms with E-state index in [1.54, 1.807) is 0 Å². The number of hydrogen-bond acceptors (Lipinski definition) is 10. The molecule has 0 aromatic heterocycles. The van der Waals surface area contributed by atoms with E-state index in [4.69, 9.17) is 10.2 Å². The van der Waals surface area contributed by atoms with E-state index in [1.807, 2.05) is 0 Å². The lowest BCUT2D eigenvalue weighted by Gasteiger charge is -1.85. The Bertz CT molecular complexity index is 320. The predicted octanol–water partition coefficient (Wildman–Crippen LogP) is 1.49. The minimum absolute atomic E-state index is 0.296. The lowest BCUT2D eigenvalue weighted by Crippen LogP contribution is -2.00. The summed E-state index contributed by atoms with van der Waals surface area (Å²) in [5.74, 6) is -2.15. The summed E-state index contributed by atoms with van der Waals surface area (Å²) < 4.78 is 0. The van der Waals surface area contributed by atoms with Crippen molar-refractivity contribution < 1.29 is 19.8 Å². The van der Waals surface area contributed by atoms with E-state index in [-0.39, 0.29) is 12.8 Å². The monoisotopic (exact) mass is 258 g/mol. The van der Waals surface area contributed by atoms with Crippen LogP contribution in [-0.4, -0.2) is 35.5 Å². The SMILES string of the molecule is C1N=NN=N1.C1N=NN=N1.O=C(O)CCC(=O)O. The second kappa shape index (κ2) is 10.8. The molecular formula is C6H10N8O4. The fraction of sp³-hybridized carbons (Fsp3) is 0.667. The topological polar surface area (TPSA) is 173 Å². The molecule has 18 heavy (non-hydrogen) atoms. The van der Waals surface area contributed by atoms with Gasteiger partial charge in [-0.2, -0.15) is 0 Å². The van der Waals surface area contributed by atoms with Gasteiger partial charge >= 0.3 is 11.9 Å². The second-order valence-corrected chi connectivity index (χ2v) is 2.49. The highest BCUT2D eigenvalue weighted by molar-refractivity contribution is 5.75. The molecule has 2 rings (SSSR count). The van der Waals surface area contributed by atoms with Crippen LogP contribution in [0.1, 0.15) is 12.8 Å². The highest BCUT2D eigenvalue weighted by Gasteiger charge is 2.00. The van der Waals surface area contributed by atoms with Crippen LogP contribution in [0.5, 0.6) is 0 Å². The third-order valence-electron chi connectivity index (χ3n) is 1.14. The van der Waals surface area contributed by atoms with E-state index in [9.17, 15) is 9.59 Å². The Morgan fingerprint density at radius 1 is 0.722 bits per heavy atom. The van der Waals surface area contributed by atoms with Gasteiger partial charge in [0.1, 0.15) is 0 Å². The van der Waals surface area contributed by atoms with E-state index < -0.39 is 11.9 Å². The second-order valence-electron chi connectivity index (χ2n) is 2.49. The maximum atomic E-state index is 9.64. The molecule has 0 radical (unpaired) electrons. The first-order valence-electron chi connectivity index (χ1n) is 4.53. The van der Waals surface area contributed by atoms with Gasteiger partial charge in [0, 0.05) is 0 Å². The molecule has 0 bridgehead atoms. The Kier molecular flexibility index (Phi) is 9.24. The Morgan fingerprint density at radius 3 is 1.11 bits per heavy atom. The first kappa shape index (κ1) is 15.3. The molecule has 0 fully saturated rings. The summed E-state index contributed by atoms with van der Waals surface area (Å²) in [5.41, 5.74) is 0. The number of hydrogen-bond donors (Lipinski definition) is 2. The van der Waals surface area contributed by atoms with E-state index in [0.29, 0.717) is 13.3 Å². The van der Waals surface area contributed by atoms with Gasteiger partial charge in [-0.3, -0.25) is 9.59 Å². The highest BCUT2D eigenvalue weighted by Crippen LogP contribution is 1.88. The molecule has 12 heteroatoms. The molecule has 2 heterocycles. The molecule has 12 nitrogen and oxygen atoms in total. The number of carboxylic acids is 2. The number of carbonyl (C=O) groups is 2. The summed E-state index contributed by atoms with van der Waals surface area (Å²) >= 11 is 0. The van der Waals surface area contributed by atoms with Gasteiger partial charge in [0.25, 0.3) is 0 Å². The van der Waals surface area contributed by atoms with Crippen molar-refractivity contribution in [2.24, 2.45) is 41.4 Å². The van der Waals surface area contributed by atoms with Crippen molar-refractivity contribution in [3.63, 3.8) is 0 Å². The van der Waals surface area contributed by atoms with E-state index in [1.165, 1.54) is 0 Å². The zero-order valence-electron chi connectivity index (χ0n) is 9.12. The van der Waals surface area contributed by atoms with Gasteiger partial charge in [-0.05, 0) is 20.9 Å². The van der Waals surface area contributed by atoms with Crippen molar-refractivity contribution in [2.45, 2.75) is 12.8 Å². The Morgan fingerprint density at radius 2 is 1.00 bits per heavy atom. The van der Waals surface area contributed by atoms with Gasteiger partial charge in [0.2, 0.25) is 0 Å². The van der Waals surface area contributed by atoms with Crippen molar-refractivity contribution >= 4 is 11.9 Å². The normalized spacial score (nSPS) is 13.6. The van der Waals surface area contributed by atoms with Gasteiger partial charge in [-0.15, -0.1) is 20.5 Å². The summed E-state index contributed by atoms with van der Waals surface area (Å²) in [4.78, 5) is 19.3. The zero-order valence-corrected chi connectivity index (χ0v) is 9.12. The molecule has 2 aliphatic rings. The molecule has 0 spiro atoms. The molecule has 2 aliphatic heterocycles. The van der Waals surface area contributed by atoms with Crippen LogP contribution in [0.4, 0.5) is 0 Å². The summed E-state index contributed by atoms with van der Waals surface area (Å²) in [7, 11) is 0. The molecule has 98 valence electrons. The van der Waals surface area contributed by atoms with E-state index in [2.05, 4.69) is 41.4 Å². The largest absolute Gasteiger partial charge is 0.481 e. The van der Waals surface area contributed by atoms with Gasteiger partial charge in [-0.25, -0.2) is 0 Å². The fourth-order valence-electron chi connectivity index (χ4n) is 0.497. The van der Waals surface area contributed by atoms with Gasteiger partial charge in [-0.1, -0.05) is 0 Å². The van der Waals surface area contributed by atoms with Crippen molar-refractivity contribution in [1.29, 1.82) is 0 Å². The molecule has 0 aromatic carbocycles. The highest BCUT2D eigenvalue weighted by atomic mass is 16.4. The summed E-state index contributed by atoms with van der Waals surface area (Å²) in [6.45, 7) is 0.833. The molecule has 0 atom stereocenters. The molecule has 0 amide bonds. The maximum absolute atomic E-state index is 9.64. The van der Waals surface area contributed by atoms with Crippen LogP contribution in [0.25, 0.3) is 0 Å². The third kappa shape index (κ3) is 13.3. The minimum atomic E-state index is -1.08. The number of rotatable bonds is 3. The van der Waals surface area contributed by atoms with Crippen molar-refractivity contribution in [3.05, 3.63) is 0 Å². The van der Waals surface area contributed by atoms with E-state index >= 15 is 0 Å². The quantitative estimate of drug-likeness (QED) is 0.780. The number of aliphatic carboxylic acids is 2. The van der Waals surface area contributed by atoms with Crippen molar-refractivity contribution in [2.75, 3.05) is 13.3 Å². The summed E-state index contributed by atoms with van der Waals surface area (Å²) in [5, 5.41) is 42.0. The standard InChI is InChI=1S/C4H6O4.2CH2N4/c5-3(6)1-2-4(7)8;2*1-2-4-5-3-1/h1-2H2,(H,5,6)(H,7,8);2*1H2. The average Bonchev–Trinajstić information content (AvgIpc) is 3.03. The number of nitrogens with zero attached hydrogens (tertiary/aromatic N) is 8. The van der Waals surface area contributed by atoms with Crippen LogP contribution in [0.3, 0.4) is 0 Å². The van der Waals surface area contributed by atoms with Crippen LogP contribution in [-0.2, 0) is 9.59 Å². The van der Waals surface area contributed by atoms with Gasteiger partial charge < -0.3 is 10.2 Å². The molecule has 2 N–H and O–H groups in total. The van der Waals surface area contributed by atoms with Crippen LogP contribution < -0.4 is 0 Å². The van der Waals surface area contributed by atoms with Crippen LogP contribution in [0.2, 0.25) is 0 Å². The van der Waals surface area contributed by atoms with Gasteiger partial charge in [0.15, 0.2) is 13.3 Å². The number of carboxylic acid groups (broad SMARTS) is 2.